The largest absolute Gasteiger partial charge is 0.480 e. The predicted octanol–water partition coefficient (Wildman–Crippen LogP) is 2.26. The third-order valence-corrected chi connectivity index (χ3v) is 4.42. The van der Waals surface area contributed by atoms with Gasteiger partial charge in [-0.1, -0.05) is 37.6 Å². The quantitative estimate of drug-likeness (QED) is 0.743. The number of hydrogen-bond donors (Lipinski definition) is 3. The summed E-state index contributed by atoms with van der Waals surface area (Å²) in [5, 5.41) is 15.9. The van der Waals surface area contributed by atoms with Crippen molar-refractivity contribution in [1.82, 2.24) is 10.6 Å². The monoisotopic (exact) mass is 338 g/mol. The lowest BCUT2D eigenvalue weighted by Gasteiger charge is -2.22. The molecule has 0 bridgehead atoms. The Hall–Kier alpha value is -1.59. The van der Waals surface area contributed by atoms with Gasteiger partial charge in [0.2, 0.25) is 5.91 Å². The number of amides is 1. The van der Waals surface area contributed by atoms with Crippen LogP contribution in [0.25, 0.3) is 0 Å². The average Bonchev–Trinajstić information content (AvgIpc) is 2.96. The highest BCUT2D eigenvalue weighted by molar-refractivity contribution is 6.30. The first-order chi connectivity index (χ1) is 10.9. The molecular weight excluding hydrogens is 316 g/mol. The van der Waals surface area contributed by atoms with Gasteiger partial charge in [0.25, 0.3) is 0 Å². The Balaban J connectivity index is 2.07. The topological polar surface area (TPSA) is 78.4 Å². The Morgan fingerprint density at radius 3 is 2.52 bits per heavy atom. The zero-order valence-electron chi connectivity index (χ0n) is 13.4. The van der Waals surface area contributed by atoms with E-state index < -0.39 is 12.0 Å². The number of carboxylic acids is 1. The highest BCUT2D eigenvalue weighted by atomic mass is 35.5. The Bertz CT molecular complexity index is 559. The van der Waals surface area contributed by atoms with Gasteiger partial charge in [-0.05, 0) is 30.0 Å². The minimum absolute atomic E-state index is 0.0285. The van der Waals surface area contributed by atoms with Gasteiger partial charge in [-0.2, -0.15) is 0 Å². The summed E-state index contributed by atoms with van der Waals surface area (Å²) in [7, 11) is 0. The number of rotatable bonds is 6. The van der Waals surface area contributed by atoms with Crippen molar-refractivity contribution in [3.63, 3.8) is 0 Å². The van der Waals surface area contributed by atoms with Crippen molar-refractivity contribution in [3.05, 3.63) is 34.9 Å². The molecule has 6 heteroatoms. The molecule has 5 nitrogen and oxygen atoms in total. The van der Waals surface area contributed by atoms with Gasteiger partial charge in [0.15, 0.2) is 0 Å². The minimum Gasteiger partial charge on any atom is -0.480 e. The van der Waals surface area contributed by atoms with Crippen LogP contribution in [-0.2, 0) is 9.59 Å². The van der Waals surface area contributed by atoms with E-state index in [2.05, 4.69) is 10.6 Å². The molecule has 0 aromatic heterocycles. The number of carboxylic acid groups (broad SMARTS) is 1. The first kappa shape index (κ1) is 17.8. The van der Waals surface area contributed by atoms with Crippen LogP contribution < -0.4 is 10.6 Å². The summed E-state index contributed by atoms with van der Waals surface area (Å²) in [5.41, 5.74) is 1.04. The minimum atomic E-state index is -0.985. The highest BCUT2D eigenvalue weighted by Gasteiger charge is 2.35. The molecule has 126 valence electrons. The van der Waals surface area contributed by atoms with Crippen molar-refractivity contribution in [2.75, 3.05) is 13.1 Å². The van der Waals surface area contributed by atoms with E-state index in [4.69, 9.17) is 11.6 Å². The number of halogens is 1. The molecule has 1 aromatic carbocycles. The van der Waals surface area contributed by atoms with Crippen molar-refractivity contribution in [3.8, 4) is 0 Å². The number of carbonyl (C=O) groups is 2. The van der Waals surface area contributed by atoms with Crippen molar-refractivity contribution in [1.29, 1.82) is 0 Å². The lowest BCUT2D eigenvalue weighted by molar-refractivity contribution is -0.142. The molecular formula is C17H23ClN2O3. The maximum absolute atomic E-state index is 12.6. The molecule has 0 aliphatic carbocycles. The fourth-order valence-electron chi connectivity index (χ4n) is 2.99. The van der Waals surface area contributed by atoms with Gasteiger partial charge in [0.05, 0.1) is 5.92 Å². The van der Waals surface area contributed by atoms with Crippen LogP contribution in [0.1, 0.15) is 31.7 Å². The molecule has 0 unspecified atom stereocenters. The lowest BCUT2D eigenvalue weighted by Crippen LogP contribution is -2.45. The van der Waals surface area contributed by atoms with Gasteiger partial charge in [0, 0.05) is 24.0 Å². The smallest absolute Gasteiger partial charge is 0.326 e. The normalized spacial score (nSPS) is 22.1. The van der Waals surface area contributed by atoms with Crippen LogP contribution in [0.15, 0.2) is 24.3 Å². The van der Waals surface area contributed by atoms with Gasteiger partial charge >= 0.3 is 5.97 Å². The summed E-state index contributed by atoms with van der Waals surface area (Å²) >= 11 is 5.91. The number of nitrogens with one attached hydrogen (secondary N) is 2. The third-order valence-electron chi connectivity index (χ3n) is 4.17. The van der Waals surface area contributed by atoms with Gasteiger partial charge in [-0.15, -0.1) is 0 Å². The predicted molar refractivity (Wildman–Crippen MR) is 89.6 cm³/mol. The second-order valence-corrected chi connectivity index (χ2v) is 6.89. The summed E-state index contributed by atoms with van der Waals surface area (Å²) < 4.78 is 0. The number of carbonyl (C=O) groups excluding carboxylic acids is 1. The maximum Gasteiger partial charge on any atom is 0.326 e. The maximum atomic E-state index is 12.6. The van der Waals surface area contributed by atoms with Gasteiger partial charge in [-0.25, -0.2) is 4.79 Å². The lowest BCUT2D eigenvalue weighted by atomic mass is 9.88. The van der Waals surface area contributed by atoms with Crippen LogP contribution in [-0.4, -0.2) is 36.1 Å². The second-order valence-electron chi connectivity index (χ2n) is 6.45. The third kappa shape index (κ3) is 4.69. The van der Waals surface area contributed by atoms with Crippen LogP contribution >= 0.6 is 11.6 Å². The van der Waals surface area contributed by atoms with E-state index in [1.165, 1.54) is 0 Å². The van der Waals surface area contributed by atoms with Crippen LogP contribution in [0.3, 0.4) is 0 Å². The fraction of sp³-hybridized carbons (Fsp3) is 0.529. The Labute approximate surface area is 141 Å². The SMILES string of the molecule is CC(C)C[C@@H](NC(=O)[C@@H]1CNC[C@H]1c1ccc(Cl)cc1)C(=O)O. The van der Waals surface area contributed by atoms with Crippen molar-refractivity contribution in [2.24, 2.45) is 11.8 Å². The number of benzene rings is 1. The van der Waals surface area contributed by atoms with E-state index in [9.17, 15) is 14.7 Å². The Kier molecular flexibility index (Phi) is 6.02. The summed E-state index contributed by atoms with van der Waals surface area (Å²) in [4.78, 5) is 23.9. The van der Waals surface area contributed by atoms with Crippen molar-refractivity contribution >= 4 is 23.5 Å². The Morgan fingerprint density at radius 2 is 1.96 bits per heavy atom. The molecule has 23 heavy (non-hydrogen) atoms. The molecule has 3 atom stereocenters. The van der Waals surface area contributed by atoms with Gasteiger partial charge < -0.3 is 15.7 Å². The van der Waals surface area contributed by atoms with E-state index in [-0.39, 0.29) is 23.7 Å². The first-order valence-corrected chi connectivity index (χ1v) is 8.25. The standard InChI is InChI=1S/C17H23ClN2O3/c1-10(2)7-15(17(22)23)20-16(21)14-9-19-8-13(14)11-3-5-12(18)6-4-11/h3-6,10,13-15,19H,7-9H2,1-2H3,(H,20,21)(H,22,23)/t13-,14+,15+/m0/s1. The fourth-order valence-corrected chi connectivity index (χ4v) is 3.11. The molecule has 1 aromatic rings. The molecule has 1 fully saturated rings. The summed E-state index contributed by atoms with van der Waals surface area (Å²) in [6.07, 6.45) is 0.423. The number of hydrogen-bond acceptors (Lipinski definition) is 3. The molecule has 1 saturated heterocycles. The molecule has 3 N–H and O–H groups in total. The van der Waals surface area contributed by atoms with E-state index in [1.54, 1.807) is 0 Å². The molecule has 1 heterocycles. The molecule has 0 spiro atoms. The molecule has 1 aliphatic heterocycles. The van der Waals surface area contributed by atoms with Crippen LogP contribution in [0.2, 0.25) is 5.02 Å². The molecule has 1 amide bonds. The van der Waals surface area contributed by atoms with Crippen molar-refractivity contribution in [2.45, 2.75) is 32.2 Å². The second kappa shape index (κ2) is 7.79. The first-order valence-electron chi connectivity index (χ1n) is 7.88. The highest BCUT2D eigenvalue weighted by Crippen LogP contribution is 2.29. The van der Waals surface area contributed by atoms with E-state index in [1.807, 2.05) is 38.1 Å². The number of aliphatic carboxylic acids is 1. The van der Waals surface area contributed by atoms with Crippen molar-refractivity contribution < 1.29 is 14.7 Å². The van der Waals surface area contributed by atoms with E-state index in [0.717, 1.165) is 5.56 Å². The zero-order chi connectivity index (χ0) is 17.0. The average molecular weight is 339 g/mol. The summed E-state index contributed by atoms with van der Waals surface area (Å²) in [5.74, 6) is -1.24. The van der Waals surface area contributed by atoms with Gasteiger partial charge in [-0.3, -0.25) is 4.79 Å². The summed E-state index contributed by atoms with van der Waals surface area (Å²) in [6.45, 7) is 5.13. The van der Waals surface area contributed by atoms with E-state index in [0.29, 0.717) is 24.5 Å². The summed E-state index contributed by atoms with van der Waals surface area (Å²) in [6, 6.07) is 6.62. The molecule has 1 aliphatic rings. The zero-order valence-corrected chi connectivity index (χ0v) is 14.1. The molecule has 0 radical (unpaired) electrons. The molecule has 0 saturated carbocycles. The van der Waals surface area contributed by atoms with Gasteiger partial charge in [0.1, 0.15) is 6.04 Å². The van der Waals surface area contributed by atoms with E-state index >= 15 is 0 Å². The van der Waals surface area contributed by atoms with Crippen LogP contribution in [0.4, 0.5) is 0 Å². The van der Waals surface area contributed by atoms with Crippen LogP contribution in [0, 0.1) is 11.8 Å². The molecule has 2 rings (SSSR count). The van der Waals surface area contributed by atoms with Crippen LogP contribution in [0.5, 0.6) is 0 Å². The Morgan fingerprint density at radius 1 is 1.30 bits per heavy atom.